The quantitative estimate of drug-likeness (QED) is 0.575. The number of hydrogen-bond acceptors (Lipinski definition) is 2. The molecule has 9 heavy (non-hydrogen) atoms. The molecule has 0 heterocycles. The van der Waals surface area contributed by atoms with Crippen LogP contribution in [0, 0.1) is 0 Å². The Labute approximate surface area is 87.0 Å². The number of aliphatic carboxylic acids is 1. The first-order chi connectivity index (χ1) is 3.63. The average molecular weight is 160 g/mol. The van der Waals surface area contributed by atoms with Crippen LogP contribution in [0.1, 0.15) is 22.6 Å². The Balaban J connectivity index is -0.0000000817. The third kappa shape index (κ3) is 12.0. The molecule has 0 bridgehead atoms. The molecule has 52 valence electrons. The summed E-state index contributed by atoms with van der Waals surface area (Å²) in [7, 11) is 0. The van der Waals surface area contributed by atoms with Gasteiger partial charge in [0.1, 0.15) is 0 Å². The third-order valence-electron chi connectivity index (χ3n) is 0.776. The van der Waals surface area contributed by atoms with Crippen molar-refractivity contribution in [3.63, 3.8) is 0 Å². The summed E-state index contributed by atoms with van der Waals surface area (Å²) in [5.74, 6) is -0.856. The molecule has 0 fully saturated rings. The molecule has 0 rings (SSSR count). The van der Waals surface area contributed by atoms with Gasteiger partial charge in [-0.1, -0.05) is 0 Å². The van der Waals surface area contributed by atoms with Gasteiger partial charge in [0.25, 0.3) is 0 Å². The summed E-state index contributed by atoms with van der Waals surface area (Å²) in [5.41, 5.74) is 0. The maximum Gasteiger partial charge on any atom is 2.00 e. The van der Waals surface area contributed by atoms with Crippen molar-refractivity contribution in [1.29, 1.82) is 0 Å². The Bertz CT molecular complexity index is 89.8. The van der Waals surface area contributed by atoms with E-state index in [-0.39, 0.29) is 47.0 Å². The van der Waals surface area contributed by atoms with Gasteiger partial charge in [0.05, 0.1) is 6.10 Å². The molecule has 0 aliphatic heterocycles. The Hall–Kier alpha value is 0.690. The second kappa shape index (κ2) is 6.80. The fourth-order valence-electron chi connectivity index (χ4n) is 0.332. The Kier molecular flexibility index (Phi) is 9.36. The minimum Gasteiger partial charge on any atom is -1.00 e. The van der Waals surface area contributed by atoms with Gasteiger partial charge in [0.2, 0.25) is 0 Å². The summed E-state index contributed by atoms with van der Waals surface area (Å²) in [5, 5.41) is 16.6. The molecule has 0 aliphatic rings. The first-order valence-electron chi connectivity index (χ1n) is 2.53. The molecule has 0 spiro atoms. The standard InChI is InChI=1S/C5H10O3.Ca.2H/c1-4(6)2-3-5(7)8;;;/h4,6H,2-3H2,1H3,(H,7,8);;;/q;+2;2*-1. The largest absolute Gasteiger partial charge is 2.00 e. The second-order valence-corrected chi connectivity index (χ2v) is 1.78. The summed E-state index contributed by atoms with van der Waals surface area (Å²) in [6, 6.07) is 0. The first-order valence-corrected chi connectivity index (χ1v) is 2.53. The Morgan fingerprint density at radius 2 is 2.22 bits per heavy atom. The topological polar surface area (TPSA) is 57.5 Å². The van der Waals surface area contributed by atoms with Crippen molar-refractivity contribution >= 4 is 43.7 Å². The van der Waals surface area contributed by atoms with E-state index in [0.717, 1.165) is 0 Å². The average Bonchev–Trinajstić information content (AvgIpc) is 1.61. The van der Waals surface area contributed by atoms with Crippen LogP contribution < -0.4 is 0 Å². The summed E-state index contributed by atoms with van der Waals surface area (Å²) < 4.78 is 0. The minimum absolute atomic E-state index is 0. The van der Waals surface area contributed by atoms with Crippen molar-refractivity contribution in [3.05, 3.63) is 0 Å². The molecule has 0 amide bonds. The minimum atomic E-state index is -0.856. The zero-order valence-corrected chi connectivity index (χ0v) is 7.71. The van der Waals surface area contributed by atoms with E-state index in [4.69, 9.17) is 10.2 Å². The van der Waals surface area contributed by atoms with Crippen molar-refractivity contribution in [2.75, 3.05) is 0 Å². The molecule has 4 heteroatoms. The first kappa shape index (κ1) is 12.4. The van der Waals surface area contributed by atoms with Crippen LogP contribution in [-0.2, 0) is 4.79 Å². The van der Waals surface area contributed by atoms with Crippen LogP contribution >= 0.6 is 0 Å². The third-order valence-corrected chi connectivity index (χ3v) is 0.776. The van der Waals surface area contributed by atoms with Crippen molar-refractivity contribution in [3.8, 4) is 0 Å². The van der Waals surface area contributed by atoms with Crippen LogP contribution in [0.2, 0.25) is 0 Å². The molecule has 0 aromatic heterocycles. The number of carbonyl (C=O) groups is 1. The second-order valence-electron chi connectivity index (χ2n) is 1.78. The number of rotatable bonds is 3. The maximum atomic E-state index is 9.79. The SMILES string of the molecule is CC(O)CCC(=O)O.[Ca+2].[H-].[H-]. The van der Waals surface area contributed by atoms with Crippen LogP contribution in [0.15, 0.2) is 0 Å². The van der Waals surface area contributed by atoms with Gasteiger partial charge in [0.15, 0.2) is 0 Å². The van der Waals surface area contributed by atoms with Crippen LogP contribution in [-0.4, -0.2) is 60.0 Å². The maximum absolute atomic E-state index is 9.79. The molecule has 2 N–H and O–H groups in total. The molecule has 0 aromatic rings. The van der Waals surface area contributed by atoms with Gasteiger partial charge in [-0.25, -0.2) is 0 Å². The number of hydrogen-bond donors (Lipinski definition) is 2. The molecule has 0 aliphatic carbocycles. The molecular weight excluding hydrogens is 148 g/mol. The van der Waals surface area contributed by atoms with Crippen molar-refractivity contribution in [2.24, 2.45) is 0 Å². The van der Waals surface area contributed by atoms with E-state index in [1.165, 1.54) is 0 Å². The fourth-order valence-corrected chi connectivity index (χ4v) is 0.332. The predicted octanol–water partition coefficient (Wildman–Crippen LogP) is 0.0762. The molecule has 1 atom stereocenters. The number of carboxylic acids is 1. The zero-order valence-electron chi connectivity index (χ0n) is 7.50. The van der Waals surface area contributed by atoms with E-state index in [1.54, 1.807) is 6.92 Å². The summed E-state index contributed by atoms with van der Waals surface area (Å²) >= 11 is 0. The normalized spacial score (nSPS) is 11.8. The van der Waals surface area contributed by atoms with Crippen molar-refractivity contribution in [2.45, 2.75) is 25.9 Å². The van der Waals surface area contributed by atoms with Gasteiger partial charge < -0.3 is 13.1 Å². The summed E-state index contributed by atoms with van der Waals surface area (Å²) in [6.07, 6.45) is -0.0985. The summed E-state index contributed by atoms with van der Waals surface area (Å²) in [4.78, 5) is 9.79. The molecule has 0 aromatic carbocycles. The van der Waals surface area contributed by atoms with Gasteiger partial charge in [-0.2, -0.15) is 0 Å². The molecule has 0 saturated carbocycles. The van der Waals surface area contributed by atoms with E-state index in [0.29, 0.717) is 6.42 Å². The molecule has 0 radical (unpaired) electrons. The molecule has 3 nitrogen and oxygen atoms in total. The number of carboxylic acid groups (broad SMARTS) is 1. The van der Waals surface area contributed by atoms with Gasteiger partial charge in [0, 0.05) is 6.42 Å². The predicted molar refractivity (Wildman–Crippen MR) is 36.5 cm³/mol. The molecule has 1 unspecified atom stereocenters. The van der Waals surface area contributed by atoms with E-state index in [9.17, 15) is 4.79 Å². The molecule has 0 saturated heterocycles. The van der Waals surface area contributed by atoms with Crippen LogP contribution in [0.3, 0.4) is 0 Å². The van der Waals surface area contributed by atoms with E-state index >= 15 is 0 Å². The summed E-state index contributed by atoms with van der Waals surface area (Å²) in [6.45, 7) is 1.57. The smallest absolute Gasteiger partial charge is 1.00 e. The van der Waals surface area contributed by atoms with Crippen LogP contribution in [0.4, 0.5) is 0 Å². The van der Waals surface area contributed by atoms with E-state index in [2.05, 4.69) is 0 Å². The van der Waals surface area contributed by atoms with Crippen molar-refractivity contribution < 1.29 is 17.9 Å². The van der Waals surface area contributed by atoms with Crippen LogP contribution in [0.25, 0.3) is 0 Å². The Morgan fingerprint density at radius 1 is 1.78 bits per heavy atom. The van der Waals surface area contributed by atoms with E-state index < -0.39 is 12.1 Å². The van der Waals surface area contributed by atoms with Gasteiger partial charge in [-0.15, -0.1) is 0 Å². The van der Waals surface area contributed by atoms with Gasteiger partial charge >= 0.3 is 43.7 Å². The zero-order chi connectivity index (χ0) is 6.57. The fraction of sp³-hybridized carbons (Fsp3) is 0.800. The van der Waals surface area contributed by atoms with Crippen molar-refractivity contribution in [1.82, 2.24) is 0 Å². The van der Waals surface area contributed by atoms with Gasteiger partial charge in [-0.05, 0) is 13.3 Å². The van der Waals surface area contributed by atoms with E-state index in [1.807, 2.05) is 0 Å². The van der Waals surface area contributed by atoms with Gasteiger partial charge in [-0.3, -0.25) is 4.79 Å². The number of aliphatic hydroxyl groups is 1. The molecular formula is C5H12CaO3. The van der Waals surface area contributed by atoms with Crippen LogP contribution in [0.5, 0.6) is 0 Å². The monoisotopic (exact) mass is 160 g/mol. The number of aliphatic hydroxyl groups excluding tert-OH is 1. The Morgan fingerprint density at radius 3 is 2.33 bits per heavy atom.